The second-order valence-corrected chi connectivity index (χ2v) is 3.26. The molecule has 7 heteroatoms. The van der Waals surface area contributed by atoms with Crippen LogP contribution in [0.5, 0.6) is 5.75 Å². The molecule has 0 atom stereocenters. The Kier molecular flexibility index (Phi) is 4.42. The number of alkyl halides is 1. The zero-order valence-corrected chi connectivity index (χ0v) is 8.84. The van der Waals surface area contributed by atoms with Crippen LogP contribution in [0.2, 0.25) is 0 Å². The van der Waals surface area contributed by atoms with Gasteiger partial charge in [0.2, 0.25) is 5.82 Å². The molecule has 1 rings (SSSR count). The normalized spacial score (nSPS) is 10.2. The van der Waals surface area contributed by atoms with Gasteiger partial charge in [-0.05, 0) is 6.42 Å². The van der Waals surface area contributed by atoms with E-state index in [-0.39, 0.29) is 12.4 Å². The van der Waals surface area contributed by atoms with Gasteiger partial charge in [0.1, 0.15) is 0 Å². The fourth-order valence-corrected chi connectivity index (χ4v) is 1.11. The largest absolute Gasteiger partial charge is 0.490 e. The van der Waals surface area contributed by atoms with Gasteiger partial charge in [0.15, 0.2) is 11.6 Å². The highest BCUT2D eigenvalue weighted by molar-refractivity contribution is 6.17. The van der Waals surface area contributed by atoms with Gasteiger partial charge < -0.3 is 4.74 Å². The molecule has 0 aliphatic rings. The highest BCUT2D eigenvalue weighted by Crippen LogP contribution is 2.26. The standard InChI is InChI=1S/C9H8ClF2NO3/c10-2-1-3-16-9-5-6(11)8(13(14)15)4-7(9)12/h4-5H,1-3H2. The Morgan fingerprint density at radius 2 is 2.06 bits per heavy atom. The van der Waals surface area contributed by atoms with Crippen LogP contribution in [-0.4, -0.2) is 17.4 Å². The summed E-state index contributed by atoms with van der Waals surface area (Å²) >= 11 is 5.37. The van der Waals surface area contributed by atoms with Crippen LogP contribution in [0.25, 0.3) is 0 Å². The molecule has 0 radical (unpaired) electrons. The number of hydrogen-bond donors (Lipinski definition) is 0. The van der Waals surface area contributed by atoms with E-state index in [1.807, 2.05) is 0 Å². The van der Waals surface area contributed by atoms with Crippen molar-refractivity contribution in [3.8, 4) is 5.75 Å². The first-order chi connectivity index (χ1) is 7.56. The van der Waals surface area contributed by atoms with Crippen LogP contribution in [0.15, 0.2) is 12.1 Å². The fraction of sp³-hybridized carbons (Fsp3) is 0.333. The molecule has 0 saturated heterocycles. The minimum Gasteiger partial charge on any atom is -0.490 e. The van der Waals surface area contributed by atoms with E-state index in [0.717, 1.165) is 0 Å². The number of nitro groups is 1. The average Bonchev–Trinajstić information content (AvgIpc) is 2.22. The van der Waals surface area contributed by atoms with E-state index in [0.29, 0.717) is 24.4 Å². The topological polar surface area (TPSA) is 52.4 Å². The van der Waals surface area contributed by atoms with Gasteiger partial charge in [0, 0.05) is 11.9 Å². The number of nitrogens with zero attached hydrogens (tertiary/aromatic N) is 1. The minimum atomic E-state index is -1.13. The van der Waals surface area contributed by atoms with Crippen molar-refractivity contribution in [1.82, 2.24) is 0 Å². The molecule has 1 aromatic rings. The summed E-state index contributed by atoms with van der Waals surface area (Å²) in [7, 11) is 0. The van der Waals surface area contributed by atoms with Crippen molar-refractivity contribution in [2.45, 2.75) is 6.42 Å². The van der Waals surface area contributed by atoms with Gasteiger partial charge in [0.25, 0.3) is 0 Å². The summed E-state index contributed by atoms with van der Waals surface area (Å²) in [5, 5.41) is 10.3. The third-order valence-electron chi connectivity index (χ3n) is 1.73. The van der Waals surface area contributed by atoms with Gasteiger partial charge in [-0.15, -0.1) is 11.6 Å². The zero-order valence-electron chi connectivity index (χ0n) is 8.08. The Labute approximate surface area is 94.9 Å². The van der Waals surface area contributed by atoms with Crippen LogP contribution in [0, 0.1) is 21.7 Å². The number of nitro benzene ring substituents is 1. The molecule has 0 fully saturated rings. The van der Waals surface area contributed by atoms with Gasteiger partial charge in [-0.3, -0.25) is 10.1 Å². The Hall–Kier alpha value is -1.43. The molecular formula is C9H8ClF2NO3. The zero-order chi connectivity index (χ0) is 12.1. The van der Waals surface area contributed by atoms with Crippen molar-refractivity contribution in [2.75, 3.05) is 12.5 Å². The molecule has 4 nitrogen and oxygen atoms in total. The lowest BCUT2D eigenvalue weighted by atomic mass is 10.3. The molecule has 0 aromatic heterocycles. The van der Waals surface area contributed by atoms with Crippen molar-refractivity contribution >= 4 is 17.3 Å². The monoisotopic (exact) mass is 251 g/mol. The van der Waals surface area contributed by atoms with E-state index in [1.165, 1.54) is 0 Å². The van der Waals surface area contributed by atoms with Crippen molar-refractivity contribution in [1.29, 1.82) is 0 Å². The van der Waals surface area contributed by atoms with Crippen LogP contribution >= 0.6 is 11.6 Å². The first-order valence-corrected chi connectivity index (χ1v) is 4.92. The number of ether oxygens (including phenoxy) is 1. The molecule has 88 valence electrons. The van der Waals surface area contributed by atoms with E-state index in [2.05, 4.69) is 0 Å². The third-order valence-corrected chi connectivity index (χ3v) is 2.00. The predicted octanol–water partition coefficient (Wildman–Crippen LogP) is 2.88. The SMILES string of the molecule is O=[N+]([O-])c1cc(F)c(OCCCCl)cc1F. The molecule has 0 heterocycles. The molecule has 0 aliphatic carbocycles. The van der Waals surface area contributed by atoms with E-state index in [4.69, 9.17) is 16.3 Å². The molecular weight excluding hydrogens is 244 g/mol. The smallest absolute Gasteiger partial charge is 0.307 e. The lowest BCUT2D eigenvalue weighted by Crippen LogP contribution is -2.02. The fourth-order valence-electron chi connectivity index (χ4n) is 1.01. The Morgan fingerprint density at radius 1 is 1.38 bits per heavy atom. The van der Waals surface area contributed by atoms with Crippen molar-refractivity contribution < 1.29 is 18.4 Å². The summed E-state index contributed by atoms with van der Waals surface area (Å²) in [4.78, 5) is 9.29. The van der Waals surface area contributed by atoms with E-state index < -0.39 is 22.2 Å². The summed E-state index contributed by atoms with van der Waals surface area (Å²) in [5.74, 6) is -2.12. The number of hydrogen-bond acceptors (Lipinski definition) is 3. The third kappa shape index (κ3) is 3.03. The Bertz CT molecular complexity index is 401. The molecule has 0 saturated carbocycles. The second kappa shape index (κ2) is 5.60. The highest BCUT2D eigenvalue weighted by Gasteiger charge is 2.19. The minimum absolute atomic E-state index is 0.123. The summed E-state index contributed by atoms with van der Waals surface area (Å²) in [6, 6.07) is 1.15. The summed E-state index contributed by atoms with van der Waals surface area (Å²) in [5.41, 5.74) is -0.915. The molecule has 16 heavy (non-hydrogen) atoms. The summed E-state index contributed by atoms with van der Waals surface area (Å²) < 4.78 is 31.1. The van der Waals surface area contributed by atoms with Gasteiger partial charge >= 0.3 is 5.69 Å². The summed E-state index contributed by atoms with van der Waals surface area (Å²) in [6.45, 7) is 0.123. The number of benzene rings is 1. The average molecular weight is 252 g/mol. The lowest BCUT2D eigenvalue weighted by molar-refractivity contribution is -0.387. The predicted molar refractivity (Wildman–Crippen MR) is 53.8 cm³/mol. The summed E-state index contributed by atoms with van der Waals surface area (Å²) in [6.07, 6.45) is 0.472. The molecule has 0 amide bonds. The van der Waals surface area contributed by atoms with Gasteiger partial charge in [-0.2, -0.15) is 4.39 Å². The molecule has 0 unspecified atom stereocenters. The molecule has 0 aliphatic heterocycles. The van der Waals surface area contributed by atoms with E-state index in [1.54, 1.807) is 0 Å². The molecule has 0 spiro atoms. The van der Waals surface area contributed by atoms with Crippen LogP contribution in [0.4, 0.5) is 14.5 Å². The van der Waals surface area contributed by atoms with Crippen LogP contribution in [-0.2, 0) is 0 Å². The maximum Gasteiger partial charge on any atom is 0.307 e. The van der Waals surface area contributed by atoms with Crippen molar-refractivity contribution in [2.24, 2.45) is 0 Å². The Morgan fingerprint density at radius 3 is 2.62 bits per heavy atom. The first kappa shape index (κ1) is 12.6. The van der Waals surface area contributed by atoms with Crippen molar-refractivity contribution in [3.63, 3.8) is 0 Å². The van der Waals surface area contributed by atoms with Crippen LogP contribution in [0.3, 0.4) is 0 Å². The van der Waals surface area contributed by atoms with E-state index in [9.17, 15) is 18.9 Å². The van der Waals surface area contributed by atoms with Crippen LogP contribution in [0.1, 0.15) is 6.42 Å². The quantitative estimate of drug-likeness (QED) is 0.350. The maximum absolute atomic E-state index is 13.2. The van der Waals surface area contributed by atoms with Crippen LogP contribution < -0.4 is 4.74 Å². The maximum atomic E-state index is 13.2. The lowest BCUT2D eigenvalue weighted by Gasteiger charge is -2.06. The van der Waals surface area contributed by atoms with Gasteiger partial charge in [-0.25, -0.2) is 4.39 Å². The van der Waals surface area contributed by atoms with Gasteiger partial charge in [0.05, 0.1) is 17.6 Å². The Balaban J connectivity index is 2.88. The first-order valence-electron chi connectivity index (χ1n) is 4.38. The molecule has 0 bridgehead atoms. The van der Waals surface area contributed by atoms with E-state index >= 15 is 0 Å². The second-order valence-electron chi connectivity index (χ2n) is 2.88. The highest BCUT2D eigenvalue weighted by atomic mass is 35.5. The number of halogens is 3. The molecule has 1 aromatic carbocycles. The molecule has 0 N–H and O–H groups in total. The van der Waals surface area contributed by atoms with Crippen molar-refractivity contribution in [3.05, 3.63) is 33.9 Å². The van der Waals surface area contributed by atoms with Gasteiger partial charge in [-0.1, -0.05) is 0 Å². The number of rotatable bonds is 5.